The van der Waals surface area contributed by atoms with E-state index < -0.39 is 0 Å². The number of carbonyl (C=O) groups is 2. The van der Waals surface area contributed by atoms with Crippen molar-refractivity contribution >= 4 is 28.4 Å². The third-order valence-electron chi connectivity index (χ3n) is 5.06. The van der Waals surface area contributed by atoms with Gasteiger partial charge in [0.05, 0.1) is 17.1 Å². The van der Waals surface area contributed by atoms with Gasteiger partial charge in [-0.2, -0.15) is 0 Å². The van der Waals surface area contributed by atoms with E-state index in [-0.39, 0.29) is 23.8 Å². The van der Waals surface area contributed by atoms with E-state index in [2.05, 4.69) is 15.6 Å². The number of rotatable bonds is 5. The lowest BCUT2D eigenvalue weighted by Gasteiger charge is -2.16. The van der Waals surface area contributed by atoms with Gasteiger partial charge in [-0.15, -0.1) is 0 Å². The molecular formula is C23H23N3O2. The number of nitrogens with zero attached hydrogens (tertiary/aromatic N) is 1. The number of benzene rings is 2. The molecule has 1 heterocycles. The van der Waals surface area contributed by atoms with Crippen LogP contribution in [0.3, 0.4) is 0 Å². The molecule has 142 valence electrons. The Morgan fingerprint density at radius 2 is 1.79 bits per heavy atom. The fourth-order valence-electron chi connectivity index (χ4n) is 3.30. The summed E-state index contributed by atoms with van der Waals surface area (Å²) >= 11 is 0. The number of hydrogen-bond donors (Lipinski definition) is 2. The van der Waals surface area contributed by atoms with Crippen LogP contribution in [0.2, 0.25) is 0 Å². The molecule has 2 aromatic carbocycles. The minimum Gasteiger partial charge on any atom is -0.345 e. The predicted octanol–water partition coefficient (Wildman–Crippen LogP) is 4.38. The van der Waals surface area contributed by atoms with Gasteiger partial charge in [-0.1, -0.05) is 30.3 Å². The maximum Gasteiger partial charge on any atom is 0.252 e. The van der Waals surface area contributed by atoms with E-state index in [4.69, 9.17) is 0 Å². The molecule has 1 fully saturated rings. The number of aryl methyl sites for hydroxylation is 1. The molecule has 2 amide bonds. The first kappa shape index (κ1) is 18.2. The van der Waals surface area contributed by atoms with Gasteiger partial charge >= 0.3 is 0 Å². The lowest BCUT2D eigenvalue weighted by Crippen LogP contribution is -2.27. The summed E-state index contributed by atoms with van der Waals surface area (Å²) in [6.07, 6.45) is 1.96. The number of fused-ring (bicyclic) bond motifs is 1. The van der Waals surface area contributed by atoms with Crippen LogP contribution in [-0.4, -0.2) is 16.8 Å². The molecule has 5 heteroatoms. The second-order valence-corrected chi connectivity index (χ2v) is 7.41. The summed E-state index contributed by atoms with van der Waals surface area (Å²) in [6.45, 7) is 3.84. The molecule has 3 aromatic rings. The highest BCUT2D eigenvalue weighted by Gasteiger charge is 2.29. The summed E-state index contributed by atoms with van der Waals surface area (Å²) in [5.74, 6) is 0.144. The van der Waals surface area contributed by atoms with Crippen molar-refractivity contribution in [3.8, 4) is 0 Å². The van der Waals surface area contributed by atoms with Crippen LogP contribution in [0.15, 0.2) is 54.6 Å². The zero-order valence-corrected chi connectivity index (χ0v) is 16.0. The highest BCUT2D eigenvalue weighted by atomic mass is 16.2. The Balaban J connectivity index is 1.48. The SMILES string of the molecule is Cc1cc(C(=O)NC(C)c2ccc(NC(=O)C3CC3)cc2)c2ccccc2n1. The van der Waals surface area contributed by atoms with Gasteiger partial charge in [0.25, 0.3) is 5.91 Å². The van der Waals surface area contributed by atoms with Crippen LogP contribution in [0, 0.1) is 12.8 Å². The molecule has 0 radical (unpaired) electrons. The average molecular weight is 373 g/mol. The monoisotopic (exact) mass is 373 g/mol. The Morgan fingerprint density at radius 3 is 2.50 bits per heavy atom. The van der Waals surface area contributed by atoms with Gasteiger partial charge in [0.2, 0.25) is 5.91 Å². The zero-order chi connectivity index (χ0) is 19.7. The summed E-state index contributed by atoms with van der Waals surface area (Å²) in [5.41, 5.74) is 4.02. The minimum atomic E-state index is -0.159. The van der Waals surface area contributed by atoms with Crippen LogP contribution in [-0.2, 0) is 4.79 Å². The van der Waals surface area contributed by atoms with Crippen LogP contribution < -0.4 is 10.6 Å². The van der Waals surface area contributed by atoms with E-state index >= 15 is 0 Å². The number of anilines is 1. The number of para-hydroxylation sites is 1. The molecular weight excluding hydrogens is 350 g/mol. The van der Waals surface area contributed by atoms with Crippen molar-refractivity contribution in [3.63, 3.8) is 0 Å². The lowest BCUT2D eigenvalue weighted by atomic mass is 10.0. The zero-order valence-electron chi connectivity index (χ0n) is 16.0. The Morgan fingerprint density at radius 1 is 1.07 bits per heavy atom. The predicted molar refractivity (Wildman–Crippen MR) is 110 cm³/mol. The standard InChI is InChI=1S/C23H23N3O2/c1-14-13-20(19-5-3-4-6-21(19)24-14)23(28)25-15(2)16-9-11-18(12-10-16)26-22(27)17-7-8-17/h3-6,9-13,15,17H,7-8H2,1-2H3,(H,25,28)(H,26,27). The van der Waals surface area contributed by atoms with E-state index in [0.29, 0.717) is 5.56 Å². The largest absolute Gasteiger partial charge is 0.345 e. The van der Waals surface area contributed by atoms with E-state index in [1.54, 1.807) is 0 Å². The topological polar surface area (TPSA) is 71.1 Å². The Bertz CT molecular complexity index is 1040. The quantitative estimate of drug-likeness (QED) is 0.697. The van der Waals surface area contributed by atoms with Crippen molar-refractivity contribution in [3.05, 3.63) is 71.4 Å². The van der Waals surface area contributed by atoms with Gasteiger partial charge in [0, 0.05) is 22.7 Å². The lowest BCUT2D eigenvalue weighted by molar-refractivity contribution is -0.117. The maximum atomic E-state index is 12.9. The Hall–Kier alpha value is -3.21. The maximum absolute atomic E-state index is 12.9. The molecule has 0 aliphatic heterocycles. The second kappa shape index (κ2) is 7.43. The van der Waals surface area contributed by atoms with Crippen molar-refractivity contribution in [2.24, 2.45) is 5.92 Å². The smallest absolute Gasteiger partial charge is 0.252 e. The number of pyridine rings is 1. The van der Waals surface area contributed by atoms with Crippen LogP contribution >= 0.6 is 0 Å². The van der Waals surface area contributed by atoms with E-state index in [1.807, 2.05) is 68.4 Å². The molecule has 1 aliphatic rings. The summed E-state index contributed by atoms with van der Waals surface area (Å²) in [6, 6.07) is 16.9. The molecule has 0 spiro atoms. The molecule has 4 rings (SSSR count). The second-order valence-electron chi connectivity index (χ2n) is 7.41. The molecule has 0 bridgehead atoms. The average Bonchev–Trinajstić information content (AvgIpc) is 3.53. The van der Waals surface area contributed by atoms with Crippen LogP contribution in [0.1, 0.15) is 47.4 Å². The highest BCUT2D eigenvalue weighted by molar-refractivity contribution is 6.06. The fraction of sp³-hybridized carbons (Fsp3) is 0.261. The number of amides is 2. The molecule has 1 saturated carbocycles. The molecule has 1 aliphatic carbocycles. The first-order valence-corrected chi connectivity index (χ1v) is 9.59. The molecule has 1 atom stereocenters. The van der Waals surface area contributed by atoms with Crippen LogP contribution in [0.4, 0.5) is 5.69 Å². The summed E-state index contributed by atoms with van der Waals surface area (Å²) in [5, 5.41) is 6.84. The van der Waals surface area contributed by atoms with Crippen LogP contribution in [0.25, 0.3) is 10.9 Å². The van der Waals surface area contributed by atoms with Gasteiger partial charge in [-0.05, 0) is 56.5 Å². The van der Waals surface area contributed by atoms with E-state index in [0.717, 1.165) is 40.7 Å². The normalized spacial score (nSPS) is 14.5. The Kier molecular flexibility index (Phi) is 4.82. The Labute approximate surface area is 164 Å². The highest BCUT2D eigenvalue weighted by Crippen LogP contribution is 2.30. The van der Waals surface area contributed by atoms with E-state index in [1.165, 1.54) is 0 Å². The summed E-state index contributed by atoms with van der Waals surface area (Å²) in [7, 11) is 0. The number of aromatic nitrogens is 1. The van der Waals surface area contributed by atoms with Gasteiger partial charge < -0.3 is 10.6 Å². The van der Waals surface area contributed by atoms with Gasteiger partial charge in [0.15, 0.2) is 0 Å². The molecule has 5 nitrogen and oxygen atoms in total. The molecule has 28 heavy (non-hydrogen) atoms. The molecule has 1 unspecified atom stereocenters. The molecule has 2 N–H and O–H groups in total. The molecule has 0 saturated heterocycles. The first-order chi connectivity index (χ1) is 13.5. The van der Waals surface area contributed by atoms with Crippen molar-refractivity contribution in [1.29, 1.82) is 0 Å². The third kappa shape index (κ3) is 3.88. The number of hydrogen-bond acceptors (Lipinski definition) is 3. The number of carbonyl (C=O) groups excluding carboxylic acids is 2. The first-order valence-electron chi connectivity index (χ1n) is 9.59. The third-order valence-corrected chi connectivity index (χ3v) is 5.06. The van der Waals surface area contributed by atoms with Crippen molar-refractivity contribution < 1.29 is 9.59 Å². The van der Waals surface area contributed by atoms with Gasteiger partial charge in [-0.25, -0.2) is 0 Å². The minimum absolute atomic E-state index is 0.0917. The van der Waals surface area contributed by atoms with E-state index in [9.17, 15) is 9.59 Å². The fourth-order valence-corrected chi connectivity index (χ4v) is 3.30. The molecule has 1 aromatic heterocycles. The summed E-state index contributed by atoms with van der Waals surface area (Å²) < 4.78 is 0. The summed E-state index contributed by atoms with van der Waals surface area (Å²) in [4.78, 5) is 29.2. The van der Waals surface area contributed by atoms with Crippen molar-refractivity contribution in [2.75, 3.05) is 5.32 Å². The van der Waals surface area contributed by atoms with Gasteiger partial charge in [0.1, 0.15) is 0 Å². The van der Waals surface area contributed by atoms with Crippen LogP contribution in [0.5, 0.6) is 0 Å². The van der Waals surface area contributed by atoms with Crippen molar-refractivity contribution in [2.45, 2.75) is 32.7 Å². The number of nitrogens with one attached hydrogen (secondary N) is 2. The van der Waals surface area contributed by atoms with Gasteiger partial charge in [-0.3, -0.25) is 14.6 Å². The van der Waals surface area contributed by atoms with Crippen molar-refractivity contribution in [1.82, 2.24) is 10.3 Å².